The monoisotopic (exact) mass is 460 g/mol. The normalized spacial score (nSPS) is 19.9. The van der Waals surface area contributed by atoms with E-state index in [0.717, 1.165) is 59.3 Å². The predicted molar refractivity (Wildman–Crippen MR) is 122 cm³/mol. The molecule has 0 bridgehead atoms. The molecule has 0 unspecified atom stereocenters. The molecule has 3 aromatic rings. The molecular formula is C23H29ClN4O4. The molecule has 172 valence electrons. The van der Waals surface area contributed by atoms with Crippen LogP contribution < -0.4 is 5.32 Å². The van der Waals surface area contributed by atoms with Gasteiger partial charge in [-0.05, 0) is 57.2 Å². The summed E-state index contributed by atoms with van der Waals surface area (Å²) in [4.78, 5) is 16.9. The van der Waals surface area contributed by atoms with Crippen LogP contribution in [0.15, 0.2) is 22.7 Å². The number of ether oxygens (including phenoxy) is 1. The van der Waals surface area contributed by atoms with E-state index in [9.17, 15) is 9.90 Å². The number of aliphatic hydroxyl groups excluding tert-OH is 1. The second kappa shape index (κ2) is 9.60. The molecule has 1 aromatic carbocycles. The summed E-state index contributed by atoms with van der Waals surface area (Å²) in [5, 5.41) is 16.9. The fourth-order valence-electron chi connectivity index (χ4n) is 4.76. The molecule has 1 amide bonds. The molecule has 0 radical (unpaired) electrons. The Morgan fingerprint density at radius 1 is 1.34 bits per heavy atom. The Balaban J connectivity index is 1.81. The Morgan fingerprint density at radius 3 is 2.69 bits per heavy atom. The van der Waals surface area contributed by atoms with Crippen LogP contribution in [-0.4, -0.2) is 51.4 Å². The number of aryl methyl sites for hydroxylation is 2. The smallest absolute Gasteiger partial charge is 0.235 e. The third-order valence-electron chi connectivity index (χ3n) is 6.33. The molecule has 0 spiro atoms. The van der Waals surface area contributed by atoms with Crippen LogP contribution in [0, 0.1) is 13.8 Å². The van der Waals surface area contributed by atoms with Gasteiger partial charge in [0.2, 0.25) is 5.91 Å². The molecule has 2 heterocycles. The second-order valence-electron chi connectivity index (χ2n) is 8.35. The minimum absolute atomic E-state index is 0.175. The van der Waals surface area contributed by atoms with Crippen LogP contribution in [0.2, 0.25) is 0 Å². The maximum absolute atomic E-state index is 12.0. The molecule has 1 fully saturated rings. The quantitative estimate of drug-likeness (QED) is 0.519. The molecule has 0 saturated heterocycles. The van der Waals surface area contributed by atoms with Crippen molar-refractivity contribution in [1.82, 2.24) is 20.0 Å². The van der Waals surface area contributed by atoms with Crippen molar-refractivity contribution in [3.8, 4) is 11.1 Å². The summed E-state index contributed by atoms with van der Waals surface area (Å²) in [7, 11) is 1.75. The summed E-state index contributed by atoms with van der Waals surface area (Å²) in [6.07, 6.45) is 4.04. The van der Waals surface area contributed by atoms with Gasteiger partial charge in [0.1, 0.15) is 23.5 Å². The SMILES string of the molecule is CO[C@H]1CC[C@H](n2c([C@@H](CO)NC(=O)CCl)nc3cc(-c4c(C)noc4C)ccc32)CC1. The number of rotatable bonds is 7. The lowest BCUT2D eigenvalue weighted by Gasteiger charge is -2.31. The highest BCUT2D eigenvalue weighted by atomic mass is 35.5. The molecule has 8 nitrogen and oxygen atoms in total. The number of benzene rings is 1. The van der Waals surface area contributed by atoms with Crippen molar-refractivity contribution in [1.29, 1.82) is 0 Å². The average molecular weight is 461 g/mol. The number of methoxy groups -OCH3 is 1. The fourth-order valence-corrected chi connectivity index (χ4v) is 4.84. The van der Waals surface area contributed by atoms with Gasteiger partial charge < -0.3 is 24.3 Å². The standard InChI is InChI=1S/C23H29ClN4O4/c1-13-22(14(2)32-27-13)15-4-9-20-18(10-15)26-23(19(12-29)25-21(30)11-24)28(20)16-5-7-17(31-3)8-6-16/h4,9-10,16-17,19,29H,5-8,11-12H2,1-3H3,(H,25,30)/t16-,17-,19-/m1/s1. The number of aromatic nitrogens is 3. The van der Waals surface area contributed by atoms with Crippen molar-refractivity contribution in [2.45, 2.75) is 57.7 Å². The zero-order chi connectivity index (χ0) is 22.8. The third-order valence-corrected chi connectivity index (χ3v) is 6.57. The number of fused-ring (bicyclic) bond motifs is 1. The minimum atomic E-state index is -0.642. The molecule has 1 aliphatic rings. The van der Waals surface area contributed by atoms with Gasteiger partial charge >= 0.3 is 0 Å². The first-order valence-electron chi connectivity index (χ1n) is 10.9. The molecule has 1 aliphatic carbocycles. The third kappa shape index (κ3) is 4.27. The van der Waals surface area contributed by atoms with E-state index < -0.39 is 6.04 Å². The minimum Gasteiger partial charge on any atom is -0.394 e. The first kappa shape index (κ1) is 22.8. The average Bonchev–Trinajstić information content (AvgIpc) is 3.36. The summed E-state index contributed by atoms with van der Waals surface area (Å²) in [5.41, 5.74) is 4.51. The van der Waals surface area contributed by atoms with Crippen molar-refractivity contribution >= 4 is 28.5 Å². The summed E-state index contributed by atoms with van der Waals surface area (Å²) < 4.78 is 13.1. The molecule has 4 rings (SSSR count). The number of hydrogen-bond acceptors (Lipinski definition) is 6. The van der Waals surface area contributed by atoms with Crippen LogP contribution in [-0.2, 0) is 9.53 Å². The number of amides is 1. The number of halogens is 1. The molecule has 2 aromatic heterocycles. The van der Waals surface area contributed by atoms with Gasteiger partial charge in [0.25, 0.3) is 0 Å². The number of alkyl halides is 1. The number of nitrogens with one attached hydrogen (secondary N) is 1. The van der Waals surface area contributed by atoms with Crippen LogP contribution in [0.25, 0.3) is 22.2 Å². The van der Waals surface area contributed by atoms with Gasteiger partial charge in [0.05, 0.1) is 29.4 Å². The topological polar surface area (TPSA) is 102 Å². The van der Waals surface area contributed by atoms with Crippen LogP contribution >= 0.6 is 11.6 Å². The molecule has 32 heavy (non-hydrogen) atoms. The highest BCUT2D eigenvalue weighted by Gasteiger charge is 2.29. The van der Waals surface area contributed by atoms with Crippen LogP contribution in [0.1, 0.15) is 55.0 Å². The van der Waals surface area contributed by atoms with Crippen molar-refractivity contribution in [2.24, 2.45) is 0 Å². The lowest BCUT2D eigenvalue weighted by molar-refractivity contribution is -0.119. The Hall–Kier alpha value is -2.42. The zero-order valence-corrected chi connectivity index (χ0v) is 19.4. The summed E-state index contributed by atoms with van der Waals surface area (Å²) in [6, 6.07) is 5.67. The van der Waals surface area contributed by atoms with E-state index in [0.29, 0.717) is 5.82 Å². The Kier molecular flexibility index (Phi) is 6.83. The number of aliphatic hydroxyl groups is 1. The maximum atomic E-state index is 12.0. The summed E-state index contributed by atoms with van der Waals surface area (Å²) in [6.45, 7) is 3.54. The molecule has 1 saturated carbocycles. The number of hydrogen-bond donors (Lipinski definition) is 2. The molecule has 9 heteroatoms. The highest BCUT2D eigenvalue weighted by Crippen LogP contribution is 2.37. The van der Waals surface area contributed by atoms with Crippen LogP contribution in [0.3, 0.4) is 0 Å². The first-order chi connectivity index (χ1) is 15.5. The van der Waals surface area contributed by atoms with Gasteiger partial charge in [-0.15, -0.1) is 11.6 Å². The number of nitrogens with zero attached hydrogens (tertiary/aromatic N) is 3. The van der Waals surface area contributed by atoms with E-state index in [1.165, 1.54) is 0 Å². The van der Waals surface area contributed by atoms with Crippen LogP contribution in [0.4, 0.5) is 0 Å². The zero-order valence-electron chi connectivity index (χ0n) is 18.6. The van der Waals surface area contributed by atoms with Gasteiger partial charge in [-0.25, -0.2) is 4.98 Å². The molecule has 0 aliphatic heterocycles. The lowest BCUT2D eigenvalue weighted by Crippen LogP contribution is -2.34. The van der Waals surface area contributed by atoms with Crippen LogP contribution in [0.5, 0.6) is 0 Å². The van der Waals surface area contributed by atoms with Crippen molar-refractivity contribution in [2.75, 3.05) is 19.6 Å². The molecular weight excluding hydrogens is 432 g/mol. The van der Waals surface area contributed by atoms with E-state index in [-0.39, 0.29) is 30.5 Å². The second-order valence-corrected chi connectivity index (χ2v) is 8.61. The fraction of sp³-hybridized carbons (Fsp3) is 0.522. The van der Waals surface area contributed by atoms with E-state index in [1.807, 2.05) is 32.0 Å². The highest BCUT2D eigenvalue weighted by molar-refractivity contribution is 6.27. The number of carbonyl (C=O) groups is 1. The van der Waals surface area contributed by atoms with Crippen molar-refractivity contribution < 1.29 is 19.2 Å². The molecule has 1 atom stereocenters. The first-order valence-corrected chi connectivity index (χ1v) is 11.4. The lowest BCUT2D eigenvalue weighted by atomic mass is 9.92. The Bertz CT molecular complexity index is 1080. The van der Waals surface area contributed by atoms with E-state index >= 15 is 0 Å². The van der Waals surface area contributed by atoms with Gasteiger partial charge in [-0.1, -0.05) is 11.2 Å². The Morgan fingerprint density at radius 2 is 2.09 bits per heavy atom. The Labute approximate surface area is 191 Å². The molecule has 2 N–H and O–H groups in total. The summed E-state index contributed by atoms with van der Waals surface area (Å²) >= 11 is 5.70. The van der Waals surface area contributed by atoms with Gasteiger partial charge in [0, 0.05) is 18.7 Å². The van der Waals surface area contributed by atoms with Gasteiger partial charge in [-0.3, -0.25) is 4.79 Å². The number of carbonyl (C=O) groups excluding carboxylic acids is 1. The van der Waals surface area contributed by atoms with Gasteiger partial charge in [0.15, 0.2) is 0 Å². The van der Waals surface area contributed by atoms with Crippen molar-refractivity contribution in [3.63, 3.8) is 0 Å². The maximum Gasteiger partial charge on any atom is 0.235 e. The number of imidazole rings is 1. The van der Waals surface area contributed by atoms with Gasteiger partial charge in [-0.2, -0.15) is 0 Å². The summed E-state index contributed by atoms with van der Waals surface area (Å²) in [5.74, 6) is 0.870. The van der Waals surface area contributed by atoms with E-state index in [1.54, 1.807) is 7.11 Å². The van der Waals surface area contributed by atoms with Crippen molar-refractivity contribution in [3.05, 3.63) is 35.5 Å². The van der Waals surface area contributed by atoms with E-state index in [4.69, 9.17) is 25.8 Å². The predicted octanol–water partition coefficient (Wildman–Crippen LogP) is 3.83. The van der Waals surface area contributed by atoms with E-state index in [2.05, 4.69) is 15.0 Å². The largest absolute Gasteiger partial charge is 0.394 e.